The predicted octanol–water partition coefficient (Wildman–Crippen LogP) is 3.24. The third kappa shape index (κ3) is 3.74. The van der Waals surface area contributed by atoms with Crippen LogP contribution >= 0.6 is 0 Å². The summed E-state index contributed by atoms with van der Waals surface area (Å²) in [7, 11) is 0. The molecule has 1 atom stereocenters. The highest BCUT2D eigenvalue weighted by Gasteiger charge is 2.35. The lowest BCUT2D eigenvalue weighted by Crippen LogP contribution is -2.37. The zero-order valence-electron chi connectivity index (χ0n) is 17.1. The van der Waals surface area contributed by atoms with Gasteiger partial charge in [-0.3, -0.25) is 9.78 Å². The van der Waals surface area contributed by atoms with Crippen molar-refractivity contribution >= 4 is 5.91 Å². The summed E-state index contributed by atoms with van der Waals surface area (Å²) in [6.07, 6.45) is 8.90. The number of hydrogen-bond donors (Lipinski definition) is 1. The Kier molecular flexibility index (Phi) is 4.86. The molecule has 0 fully saturated rings. The first kappa shape index (κ1) is 19.2. The minimum Gasteiger partial charge on any atom is -0.360 e. The maximum Gasteiger partial charge on any atom is 0.257 e. The molecule has 3 aromatic heterocycles. The van der Waals surface area contributed by atoms with Crippen LogP contribution in [0.1, 0.15) is 66.3 Å². The highest BCUT2D eigenvalue weighted by molar-refractivity contribution is 5.96. The largest absolute Gasteiger partial charge is 0.360 e. The molecule has 0 aromatic carbocycles. The fourth-order valence-electron chi connectivity index (χ4n) is 3.89. The summed E-state index contributed by atoms with van der Waals surface area (Å²) in [6.45, 7) is 8.09. The summed E-state index contributed by atoms with van der Waals surface area (Å²) in [5.74, 6) is 0.972. The number of fused-ring (bicyclic) bond motifs is 1. The molecule has 0 saturated carbocycles. The van der Waals surface area contributed by atoms with Gasteiger partial charge >= 0.3 is 0 Å². The average Bonchev–Trinajstić information content (AvgIpc) is 3.08. The van der Waals surface area contributed by atoms with Gasteiger partial charge in [-0.15, -0.1) is 0 Å². The molecule has 0 bridgehead atoms. The fourth-order valence-corrected chi connectivity index (χ4v) is 3.89. The van der Waals surface area contributed by atoms with E-state index in [1.807, 2.05) is 6.92 Å². The Balaban J connectivity index is 1.67. The molecule has 1 aliphatic rings. The van der Waals surface area contributed by atoms with Crippen molar-refractivity contribution in [2.45, 2.75) is 53.0 Å². The van der Waals surface area contributed by atoms with Crippen molar-refractivity contribution in [2.75, 3.05) is 0 Å². The fraction of sp³-hybridized carbons (Fsp3) is 0.429. The Labute approximate surface area is 169 Å². The van der Waals surface area contributed by atoms with Crippen molar-refractivity contribution in [3.8, 4) is 11.5 Å². The quantitative estimate of drug-likeness (QED) is 0.726. The summed E-state index contributed by atoms with van der Waals surface area (Å²) in [6, 6.07) is -0.184. The SMILES string of the molecule is CCc1onc(C)c1C(=O)NC1CC(C)(C)Cc2nc(-c3cnccn3)ncc21. The van der Waals surface area contributed by atoms with Crippen LogP contribution in [0.2, 0.25) is 0 Å². The zero-order chi connectivity index (χ0) is 20.6. The minimum atomic E-state index is -0.184. The van der Waals surface area contributed by atoms with Gasteiger partial charge in [-0.1, -0.05) is 25.9 Å². The van der Waals surface area contributed by atoms with Gasteiger partial charge in [0.1, 0.15) is 17.0 Å². The molecular formula is C21H24N6O2. The summed E-state index contributed by atoms with van der Waals surface area (Å²) >= 11 is 0. The van der Waals surface area contributed by atoms with E-state index in [2.05, 4.69) is 39.3 Å². The second-order valence-corrected chi connectivity index (χ2v) is 8.18. The second-order valence-electron chi connectivity index (χ2n) is 8.18. The van der Waals surface area contributed by atoms with Crippen LogP contribution in [0.5, 0.6) is 0 Å². The number of rotatable bonds is 4. The van der Waals surface area contributed by atoms with Crippen LogP contribution in [0.4, 0.5) is 0 Å². The predicted molar refractivity (Wildman–Crippen MR) is 106 cm³/mol. The van der Waals surface area contributed by atoms with Crippen molar-refractivity contribution in [3.63, 3.8) is 0 Å². The van der Waals surface area contributed by atoms with E-state index in [1.54, 1.807) is 31.7 Å². The van der Waals surface area contributed by atoms with E-state index in [4.69, 9.17) is 9.51 Å². The molecule has 3 aromatic rings. The molecule has 29 heavy (non-hydrogen) atoms. The number of carbonyl (C=O) groups excluding carboxylic acids is 1. The third-order valence-electron chi connectivity index (χ3n) is 5.26. The maximum atomic E-state index is 13.0. The molecule has 0 saturated heterocycles. The van der Waals surface area contributed by atoms with Crippen LogP contribution in [-0.4, -0.2) is 31.0 Å². The van der Waals surface area contributed by atoms with Crippen LogP contribution in [-0.2, 0) is 12.8 Å². The lowest BCUT2D eigenvalue weighted by Gasteiger charge is -2.36. The van der Waals surface area contributed by atoms with E-state index in [9.17, 15) is 4.79 Å². The minimum absolute atomic E-state index is 0.0176. The molecule has 8 nitrogen and oxygen atoms in total. The van der Waals surface area contributed by atoms with Gasteiger partial charge < -0.3 is 9.84 Å². The van der Waals surface area contributed by atoms with Crippen LogP contribution in [0.15, 0.2) is 29.3 Å². The van der Waals surface area contributed by atoms with Crippen molar-refractivity contribution < 1.29 is 9.32 Å². The van der Waals surface area contributed by atoms with E-state index in [-0.39, 0.29) is 17.4 Å². The lowest BCUT2D eigenvalue weighted by molar-refractivity contribution is 0.0916. The number of hydrogen-bond acceptors (Lipinski definition) is 7. The van der Waals surface area contributed by atoms with E-state index < -0.39 is 0 Å². The maximum absolute atomic E-state index is 13.0. The molecule has 1 aliphatic carbocycles. The molecule has 0 radical (unpaired) electrons. The summed E-state index contributed by atoms with van der Waals surface area (Å²) < 4.78 is 5.28. The number of aryl methyl sites for hydroxylation is 2. The first-order valence-electron chi connectivity index (χ1n) is 9.76. The zero-order valence-corrected chi connectivity index (χ0v) is 17.1. The second kappa shape index (κ2) is 7.35. The molecule has 3 heterocycles. The third-order valence-corrected chi connectivity index (χ3v) is 5.26. The van der Waals surface area contributed by atoms with Crippen molar-refractivity contribution in [3.05, 3.63) is 53.1 Å². The number of nitrogens with one attached hydrogen (secondary N) is 1. The van der Waals surface area contributed by atoms with Crippen molar-refractivity contribution in [1.82, 2.24) is 30.4 Å². The first-order chi connectivity index (χ1) is 13.9. The highest BCUT2D eigenvalue weighted by atomic mass is 16.5. The monoisotopic (exact) mass is 392 g/mol. The van der Waals surface area contributed by atoms with Gasteiger partial charge in [0.25, 0.3) is 5.91 Å². The number of nitrogens with zero attached hydrogens (tertiary/aromatic N) is 5. The standard InChI is InChI=1S/C21H24N6O2/c1-5-17-18(12(2)27-29-17)20(28)26-15-9-21(3,4)8-14-13(15)10-24-19(25-14)16-11-22-6-7-23-16/h6-7,10-11,15H,5,8-9H2,1-4H3,(H,26,28). The van der Waals surface area contributed by atoms with E-state index in [0.717, 1.165) is 24.1 Å². The molecule has 1 amide bonds. The Bertz CT molecular complexity index is 1040. The lowest BCUT2D eigenvalue weighted by atomic mass is 9.74. The topological polar surface area (TPSA) is 107 Å². The van der Waals surface area contributed by atoms with Crippen LogP contribution in [0.3, 0.4) is 0 Å². The molecule has 8 heteroatoms. The molecule has 0 aliphatic heterocycles. The van der Waals surface area contributed by atoms with Gasteiger partial charge in [-0.25, -0.2) is 15.0 Å². The normalized spacial score (nSPS) is 17.6. The van der Waals surface area contributed by atoms with Gasteiger partial charge in [0, 0.05) is 30.6 Å². The van der Waals surface area contributed by atoms with E-state index in [0.29, 0.717) is 35.0 Å². The molecule has 0 spiro atoms. The average molecular weight is 392 g/mol. The van der Waals surface area contributed by atoms with Crippen LogP contribution in [0.25, 0.3) is 11.5 Å². The van der Waals surface area contributed by atoms with Crippen LogP contribution < -0.4 is 5.32 Å². The molecule has 150 valence electrons. The molecule has 1 N–H and O–H groups in total. The highest BCUT2D eigenvalue weighted by Crippen LogP contribution is 2.40. The Morgan fingerprint density at radius 3 is 2.83 bits per heavy atom. The van der Waals surface area contributed by atoms with Gasteiger partial charge in [0.15, 0.2) is 5.82 Å². The van der Waals surface area contributed by atoms with Crippen LogP contribution in [0, 0.1) is 12.3 Å². The Hall–Kier alpha value is -3.16. The van der Waals surface area contributed by atoms with Crippen molar-refractivity contribution in [2.24, 2.45) is 5.41 Å². The molecule has 1 unspecified atom stereocenters. The van der Waals surface area contributed by atoms with Gasteiger partial charge in [-0.2, -0.15) is 0 Å². The Morgan fingerprint density at radius 2 is 2.10 bits per heavy atom. The summed E-state index contributed by atoms with van der Waals surface area (Å²) in [5, 5.41) is 7.11. The molecule has 4 rings (SSSR count). The van der Waals surface area contributed by atoms with Gasteiger partial charge in [0.05, 0.1) is 23.6 Å². The smallest absolute Gasteiger partial charge is 0.257 e. The number of aromatic nitrogens is 5. The van der Waals surface area contributed by atoms with E-state index >= 15 is 0 Å². The first-order valence-corrected chi connectivity index (χ1v) is 9.76. The summed E-state index contributed by atoms with van der Waals surface area (Å²) in [5.41, 5.74) is 3.61. The van der Waals surface area contributed by atoms with Gasteiger partial charge in [0.2, 0.25) is 0 Å². The number of amides is 1. The van der Waals surface area contributed by atoms with Crippen molar-refractivity contribution in [1.29, 1.82) is 0 Å². The molecular weight excluding hydrogens is 368 g/mol. The van der Waals surface area contributed by atoms with Gasteiger partial charge in [-0.05, 0) is 25.2 Å². The Morgan fingerprint density at radius 1 is 1.28 bits per heavy atom. The number of carbonyl (C=O) groups is 1. The van der Waals surface area contributed by atoms with E-state index in [1.165, 1.54) is 0 Å². The summed E-state index contributed by atoms with van der Waals surface area (Å²) in [4.78, 5) is 30.6.